The van der Waals surface area contributed by atoms with Crippen molar-refractivity contribution < 1.29 is 23.8 Å². The molecule has 0 saturated carbocycles. The Hall–Kier alpha value is -2.86. The number of piperidine rings is 1. The van der Waals surface area contributed by atoms with Gasteiger partial charge in [0.1, 0.15) is 11.4 Å². The molecule has 6 heteroatoms. The second-order valence-electron chi connectivity index (χ2n) is 8.20. The summed E-state index contributed by atoms with van der Waals surface area (Å²) in [6, 6.07) is 12.8. The summed E-state index contributed by atoms with van der Waals surface area (Å²) in [7, 11) is 0. The van der Waals surface area contributed by atoms with Gasteiger partial charge in [0.05, 0.1) is 12.6 Å². The van der Waals surface area contributed by atoms with Crippen LogP contribution < -0.4 is 9.47 Å². The van der Waals surface area contributed by atoms with E-state index in [1.807, 2.05) is 49.1 Å². The first-order valence-electron chi connectivity index (χ1n) is 10.3. The van der Waals surface area contributed by atoms with Gasteiger partial charge in [-0.05, 0) is 49.3 Å². The first-order chi connectivity index (χ1) is 14.3. The predicted octanol–water partition coefficient (Wildman–Crippen LogP) is 4.36. The summed E-state index contributed by atoms with van der Waals surface area (Å²) in [5, 5.41) is 9.06. The van der Waals surface area contributed by atoms with E-state index in [1.165, 1.54) is 6.07 Å². The van der Waals surface area contributed by atoms with Crippen LogP contribution in [0.25, 0.3) is 5.57 Å². The molecule has 0 atom stereocenters. The fraction of sp³-hybridized carbons (Fsp3) is 0.375. The zero-order valence-electron chi connectivity index (χ0n) is 17.2. The molecule has 0 aliphatic carbocycles. The highest BCUT2D eigenvalue weighted by Crippen LogP contribution is 2.43. The van der Waals surface area contributed by atoms with Crippen LogP contribution in [0.2, 0.25) is 0 Å². The van der Waals surface area contributed by atoms with E-state index in [4.69, 9.17) is 14.6 Å². The van der Waals surface area contributed by atoms with Crippen LogP contribution in [0, 0.1) is 5.82 Å². The van der Waals surface area contributed by atoms with Crippen LogP contribution in [0.5, 0.6) is 11.5 Å². The lowest BCUT2D eigenvalue weighted by atomic mass is 9.83. The standard InChI is InChI=1S/C24H26FNO4/c1-16(2)29-22-8-7-17(13-20(22)25)19-14-24(30-21-6-4-3-5-18(19)21)9-11-26(12-10-24)15-23(27)28/h3-8,13-14,16H,9-12,15H2,1-2H3,(H,27,28). The Morgan fingerprint density at radius 3 is 2.63 bits per heavy atom. The number of carbonyl (C=O) groups is 1. The minimum atomic E-state index is -0.823. The highest BCUT2D eigenvalue weighted by molar-refractivity contribution is 5.85. The zero-order chi connectivity index (χ0) is 21.3. The quantitative estimate of drug-likeness (QED) is 0.792. The molecular weight excluding hydrogens is 385 g/mol. The molecule has 1 fully saturated rings. The van der Waals surface area contributed by atoms with Gasteiger partial charge in [-0.25, -0.2) is 4.39 Å². The van der Waals surface area contributed by atoms with Crippen molar-refractivity contribution in [2.75, 3.05) is 19.6 Å². The fourth-order valence-corrected chi connectivity index (χ4v) is 4.15. The van der Waals surface area contributed by atoms with E-state index in [2.05, 4.69) is 6.08 Å². The number of benzene rings is 2. The lowest BCUT2D eigenvalue weighted by molar-refractivity contribution is -0.139. The number of nitrogens with zero attached hydrogens (tertiary/aromatic N) is 1. The lowest BCUT2D eigenvalue weighted by Crippen LogP contribution is -2.49. The van der Waals surface area contributed by atoms with Crippen molar-refractivity contribution in [1.82, 2.24) is 4.90 Å². The molecule has 1 saturated heterocycles. The molecule has 0 radical (unpaired) electrons. The Balaban J connectivity index is 1.68. The third kappa shape index (κ3) is 4.19. The van der Waals surface area contributed by atoms with Crippen molar-refractivity contribution in [3.05, 3.63) is 65.5 Å². The minimum absolute atomic E-state index is 0.0335. The van der Waals surface area contributed by atoms with Crippen LogP contribution >= 0.6 is 0 Å². The van der Waals surface area contributed by atoms with Gasteiger partial charge in [-0.15, -0.1) is 0 Å². The van der Waals surface area contributed by atoms with Crippen molar-refractivity contribution in [2.24, 2.45) is 0 Å². The summed E-state index contributed by atoms with van der Waals surface area (Å²) in [5.41, 5.74) is 2.10. The van der Waals surface area contributed by atoms with Crippen molar-refractivity contribution in [3.63, 3.8) is 0 Å². The van der Waals surface area contributed by atoms with Crippen LogP contribution in [0.15, 0.2) is 48.5 Å². The number of hydrogen-bond donors (Lipinski definition) is 1. The summed E-state index contributed by atoms with van der Waals surface area (Å²) in [4.78, 5) is 13.0. The molecule has 0 unspecified atom stereocenters. The molecule has 2 aliphatic rings. The molecule has 2 aliphatic heterocycles. The number of hydrogen-bond acceptors (Lipinski definition) is 4. The average Bonchev–Trinajstić information content (AvgIpc) is 2.70. The van der Waals surface area contributed by atoms with Crippen LogP contribution in [-0.2, 0) is 4.79 Å². The number of carboxylic acids is 1. The van der Waals surface area contributed by atoms with Gasteiger partial charge < -0.3 is 14.6 Å². The van der Waals surface area contributed by atoms with E-state index in [-0.39, 0.29) is 18.4 Å². The summed E-state index contributed by atoms with van der Waals surface area (Å²) in [5.74, 6) is -0.205. The molecule has 158 valence electrons. The number of rotatable bonds is 5. The van der Waals surface area contributed by atoms with Gasteiger partial charge in [-0.3, -0.25) is 9.69 Å². The van der Waals surface area contributed by atoms with E-state index in [1.54, 1.807) is 6.07 Å². The summed E-state index contributed by atoms with van der Waals surface area (Å²) in [6.07, 6.45) is 3.34. The van der Waals surface area contributed by atoms with Gasteiger partial charge in [-0.2, -0.15) is 0 Å². The number of halogens is 1. The number of carboxylic acid groups (broad SMARTS) is 1. The Bertz CT molecular complexity index is 977. The van der Waals surface area contributed by atoms with E-state index in [0.717, 1.165) is 22.4 Å². The fourth-order valence-electron chi connectivity index (χ4n) is 4.15. The molecule has 1 N–H and O–H groups in total. The molecule has 2 aromatic rings. The Morgan fingerprint density at radius 1 is 1.23 bits per heavy atom. The predicted molar refractivity (Wildman–Crippen MR) is 112 cm³/mol. The molecule has 2 heterocycles. The van der Waals surface area contributed by atoms with Gasteiger partial charge in [0.25, 0.3) is 0 Å². The molecule has 1 spiro atoms. The van der Waals surface area contributed by atoms with E-state index < -0.39 is 17.4 Å². The Kier molecular flexibility index (Phi) is 5.52. The molecule has 0 bridgehead atoms. The first kappa shape index (κ1) is 20.4. The summed E-state index contributed by atoms with van der Waals surface area (Å²) >= 11 is 0. The minimum Gasteiger partial charge on any atom is -0.488 e. The van der Waals surface area contributed by atoms with E-state index in [9.17, 15) is 9.18 Å². The molecule has 2 aromatic carbocycles. The molecule has 5 nitrogen and oxygen atoms in total. The highest BCUT2D eigenvalue weighted by atomic mass is 19.1. The van der Waals surface area contributed by atoms with Crippen LogP contribution in [0.1, 0.15) is 37.8 Å². The third-order valence-electron chi connectivity index (χ3n) is 5.56. The summed E-state index contributed by atoms with van der Waals surface area (Å²) in [6.45, 7) is 5.03. The van der Waals surface area contributed by atoms with Crippen molar-refractivity contribution in [1.29, 1.82) is 0 Å². The number of ether oxygens (including phenoxy) is 2. The van der Waals surface area contributed by atoms with Gasteiger partial charge >= 0.3 is 5.97 Å². The maximum atomic E-state index is 14.7. The second kappa shape index (κ2) is 8.11. The maximum absolute atomic E-state index is 14.7. The normalized spacial score (nSPS) is 17.9. The van der Waals surface area contributed by atoms with Crippen LogP contribution in [-0.4, -0.2) is 47.3 Å². The first-order valence-corrected chi connectivity index (χ1v) is 10.3. The van der Waals surface area contributed by atoms with E-state index >= 15 is 0 Å². The SMILES string of the molecule is CC(C)Oc1ccc(C2=CC3(CCN(CC(=O)O)CC3)Oc3ccccc32)cc1F. The Morgan fingerprint density at radius 2 is 1.97 bits per heavy atom. The van der Waals surface area contributed by atoms with Crippen LogP contribution in [0.3, 0.4) is 0 Å². The number of aliphatic carboxylic acids is 1. The van der Waals surface area contributed by atoms with Gasteiger partial charge in [0, 0.05) is 31.5 Å². The van der Waals surface area contributed by atoms with E-state index in [0.29, 0.717) is 25.9 Å². The molecule has 30 heavy (non-hydrogen) atoms. The largest absolute Gasteiger partial charge is 0.488 e. The topological polar surface area (TPSA) is 59.0 Å². The van der Waals surface area contributed by atoms with Gasteiger partial charge in [0.15, 0.2) is 11.6 Å². The van der Waals surface area contributed by atoms with Crippen LogP contribution in [0.4, 0.5) is 4.39 Å². The maximum Gasteiger partial charge on any atom is 0.317 e. The van der Waals surface area contributed by atoms with Gasteiger partial charge in [0.2, 0.25) is 0 Å². The average molecular weight is 411 g/mol. The second-order valence-corrected chi connectivity index (χ2v) is 8.20. The Labute approximate surface area is 175 Å². The van der Waals surface area contributed by atoms with Crippen molar-refractivity contribution >= 4 is 11.5 Å². The number of fused-ring (bicyclic) bond motifs is 1. The molecule has 0 aromatic heterocycles. The zero-order valence-corrected chi connectivity index (χ0v) is 17.2. The monoisotopic (exact) mass is 411 g/mol. The third-order valence-corrected chi connectivity index (χ3v) is 5.56. The van der Waals surface area contributed by atoms with Crippen molar-refractivity contribution in [3.8, 4) is 11.5 Å². The van der Waals surface area contributed by atoms with Crippen molar-refractivity contribution in [2.45, 2.75) is 38.4 Å². The lowest BCUT2D eigenvalue weighted by Gasteiger charge is -2.42. The highest BCUT2D eigenvalue weighted by Gasteiger charge is 2.39. The number of likely N-dealkylation sites (tertiary alicyclic amines) is 1. The molecule has 0 amide bonds. The molecule has 4 rings (SSSR count). The van der Waals surface area contributed by atoms with Gasteiger partial charge in [-0.1, -0.05) is 24.3 Å². The number of para-hydroxylation sites is 1. The smallest absolute Gasteiger partial charge is 0.317 e. The summed E-state index contributed by atoms with van der Waals surface area (Å²) < 4.78 is 26.6. The molecular formula is C24H26FNO4.